The van der Waals surface area contributed by atoms with Crippen LogP contribution in [0.15, 0.2) is 22.9 Å². The van der Waals surface area contributed by atoms with Crippen molar-refractivity contribution in [2.45, 2.75) is 56.9 Å². The minimum atomic E-state index is -0.229. The molecular weight excluding hydrogens is 280 g/mol. The van der Waals surface area contributed by atoms with Crippen LogP contribution < -0.4 is 5.32 Å². The second-order valence-corrected chi connectivity index (χ2v) is 6.30. The SMILES string of the molecule is O=C(Nc1ccnn1C1CCCCC1)c1cc(C2CC2)on1. The lowest BCUT2D eigenvalue weighted by atomic mass is 9.96. The van der Waals surface area contributed by atoms with Crippen molar-refractivity contribution in [2.24, 2.45) is 0 Å². The van der Waals surface area contributed by atoms with Crippen molar-refractivity contribution < 1.29 is 9.32 Å². The zero-order valence-corrected chi connectivity index (χ0v) is 12.5. The molecule has 6 nitrogen and oxygen atoms in total. The van der Waals surface area contributed by atoms with Gasteiger partial charge in [0.15, 0.2) is 5.69 Å². The number of nitrogens with one attached hydrogen (secondary N) is 1. The van der Waals surface area contributed by atoms with Gasteiger partial charge in [-0.25, -0.2) is 4.68 Å². The van der Waals surface area contributed by atoms with Crippen molar-refractivity contribution >= 4 is 11.7 Å². The van der Waals surface area contributed by atoms with E-state index in [-0.39, 0.29) is 5.91 Å². The maximum Gasteiger partial charge on any atom is 0.278 e. The molecule has 0 spiro atoms. The molecule has 1 amide bonds. The van der Waals surface area contributed by atoms with Gasteiger partial charge >= 0.3 is 0 Å². The largest absolute Gasteiger partial charge is 0.360 e. The molecule has 1 N–H and O–H groups in total. The predicted molar refractivity (Wildman–Crippen MR) is 80.8 cm³/mol. The van der Waals surface area contributed by atoms with Crippen LogP contribution in [0.4, 0.5) is 5.82 Å². The van der Waals surface area contributed by atoms with Crippen molar-refractivity contribution in [3.63, 3.8) is 0 Å². The van der Waals surface area contributed by atoms with Gasteiger partial charge in [0.1, 0.15) is 11.6 Å². The summed E-state index contributed by atoms with van der Waals surface area (Å²) in [6, 6.07) is 3.99. The normalized spacial score (nSPS) is 19.3. The van der Waals surface area contributed by atoms with Crippen LogP contribution >= 0.6 is 0 Å². The van der Waals surface area contributed by atoms with Gasteiger partial charge in [0.05, 0.1) is 12.2 Å². The van der Waals surface area contributed by atoms with E-state index in [0.29, 0.717) is 17.7 Å². The summed E-state index contributed by atoms with van der Waals surface area (Å²) >= 11 is 0. The van der Waals surface area contributed by atoms with Crippen LogP contribution in [0.5, 0.6) is 0 Å². The summed E-state index contributed by atoms with van der Waals surface area (Å²) in [5, 5.41) is 11.2. The molecule has 2 aromatic heterocycles. The second kappa shape index (κ2) is 5.59. The van der Waals surface area contributed by atoms with E-state index in [2.05, 4.69) is 15.6 Å². The standard InChI is InChI=1S/C16H20N4O2/c21-16(13-10-14(22-19-13)11-6-7-11)18-15-8-9-17-20(15)12-4-2-1-3-5-12/h8-12H,1-7H2,(H,18,21). The lowest BCUT2D eigenvalue weighted by molar-refractivity contribution is 0.101. The van der Waals surface area contributed by atoms with Gasteiger partial charge in [0, 0.05) is 18.1 Å². The molecule has 2 aliphatic rings. The van der Waals surface area contributed by atoms with Crippen LogP contribution in [0.2, 0.25) is 0 Å². The van der Waals surface area contributed by atoms with Crippen molar-refractivity contribution in [2.75, 3.05) is 5.32 Å². The topological polar surface area (TPSA) is 73.0 Å². The average Bonchev–Trinajstić information content (AvgIpc) is 3.10. The molecule has 0 bridgehead atoms. The number of carbonyl (C=O) groups is 1. The Balaban J connectivity index is 1.48. The summed E-state index contributed by atoms with van der Waals surface area (Å²) in [7, 11) is 0. The summed E-state index contributed by atoms with van der Waals surface area (Å²) in [6.45, 7) is 0. The quantitative estimate of drug-likeness (QED) is 0.937. The highest BCUT2D eigenvalue weighted by Crippen LogP contribution is 2.40. The highest BCUT2D eigenvalue weighted by atomic mass is 16.5. The molecule has 4 rings (SSSR count). The number of rotatable bonds is 4. The van der Waals surface area contributed by atoms with Crippen molar-refractivity contribution in [3.05, 3.63) is 29.8 Å². The van der Waals surface area contributed by atoms with E-state index >= 15 is 0 Å². The molecule has 2 saturated carbocycles. The first-order valence-corrected chi connectivity index (χ1v) is 8.13. The molecule has 2 heterocycles. The smallest absolute Gasteiger partial charge is 0.278 e. The molecule has 6 heteroatoms. The summed E-state index contributed by atoms with van der Waals surface area (Å²) in [6.07, 6.45) is 10.00. The summed E-state index contributed by atoms with van der Waals surface area (Å²) < 4.78 is 7.19. The van der Waals surface area contributed by atoms with E-state index in [0.717, 1.165) is 37.3 Å². The predicted octanol–water partition coefficient (Wildman–Crippen LogP) is 3.51. The molecule has 0 saturated heterocycles. The van der Waals surface area contributed by atoms with Gasteiger partial charge in [-0.1, -0.05) is 24.4 Å². The van der Waals surface area contributed by atoms with Crippen molar-refractivity contribution in [3.8, 4) is 0 Å². The van der Waals surface area contributed by atoms with E-state index in [1.165, 1.54) is 19.3 Å². The van der Waals surface area contributed by atoms with Crippen LogP contribution in [0.1, 0.15) is 73.2 Å². The monoisotopic (exact) mass is 300 g/mol. The molecule has 0 aromatic carbocycles. The van der Waals surface area contributed by atoms with Crippen molar-refractivity contribution in [1.29, 1.82) is 0 Å². The Morgan fingerprint density at radius 3 is 2.82 bits per heavy atom. The van der Waals surface area contributed by atoms with E-state index in [4.69, 9.17) is 4.52 Å². The minimum Gasteiger partial charge on any atom is -0.360 e. The van der Waals surface area contributed by atoms with E-state index in [9.17, 15) is 4.79 Å². The van der Waals surface area contributed by atoms with E-state index in [1.54, 1.807) is 12.3 Å². The van der Waals surface area contributed by atoms with Crippen molar-refractivity contribution in [1.82, 2.24) is 14.9 Å². The fourth-order valence-electron chi connectivity index (χ4n) is 3.17. The lowest BCUT2D eigenvalue weighted by Gasteiger charge is -2.23. The van der Waals surface area contributed by atoms with Gasteiger partial charge in [0.25, 0.3) is 5.91 Å². The van der Waals surface area contributed by atoms with Crippen LogP contribution in [-0.4, -0.2) is 20.8 Å². The second-order valence-electron chi connectivity index (χ2n) is 6.30. The number of anilines is 1. The fourth-order valence-corrected chi connectivity index (χ4v) is 3.17. The zero-order chi connectivity index (χ0) is 14.9. The highest BCUT2D eigenvalue weighted by Gasteiger charge is 2.29. The Labute approximate surface area is 128 Å². The zero-order valence-electron chi connectivity index (χ0n) is 12.5. The lowest BCUT2D eigenvalue weighted by Crippen LogP contribution is -2.20. The Bertz CT molecular complexity index is 665. The van der Waals surface area contributed by atoms with Gasteiger partial charge in [-0.3, -0.25) is 4.79 Å². The van der Waals surface area contributed by atoms with Crippen LogP contribution in [-0.2, 0) is 0 Å². The maximum absolute atomic E-state index is 12.3. The van der Waals surface area contributed by atoms with E-state index < -0.39 is 0 Å². The first-order valence-electron chi connectivity index (χ1n) is 8.13. The molecule has 22 heavy (non-hydrogen) atoms. The number of hydrogen-bond acceptors (Lipinski definition) is 4. The molecule has 2 fully saturated rings. The van der Waals surface area contributed by atoms with Crippen LogP contribution in [0, 0.1) is 0 Å². The minimum absolute atomic E-state index is 0.229. The summed E-state index contributed by atoms with van der Waals surface area (Å²) in [4.78, 5) is 12.3. The first-order chi connectivity index (χ1) is 10.8. The fraction of sp³-hybridized carbons (Fsp3) is 0.562. The number of amides is 1. The maximum atomic E-state index is 12.3. The van der Waals surface area contributed by atoms with Gasteiger partial charge in [0.2, 0.25) is 0 Å². The van der Waals surface area contributed by atoms with Gasteiger partial charge in [-0.2, -0.15) is 5.10 Å². The Hall–Kier alpha value is -2.11. The first kappa shape index (κ1) is 13.5. The molecule has 0 aliphatic heterocycles. The van der Waals surface area contributed by atoms with Gasteiger partial charge in [-0.15, -0.1) is 0 Å². The number of aromatic nitrogens is 3. The Morgan fingerprint density at radius 1 is 1.23 bits per heavy atom. The molecule has 116 valence electrons. The molecule has 2 aromatic rings. The number of nitrogens with zero attached hydrogens (tertiary/aromatic N) is 3. The van der Waals surface area contributed by atoms with Crippen LogP contribution in [0.25, 0.3) is 0 Å². The molecule has 2 aliphatic carbocycles. The molecule has 0 atom stereocenters. The van der Waals surface area contributed by atoms with Crippen LogP contribution in [0.3, 0.4) is 0 Å². The third-order valence-corrected chi connectivity index (χ3v) is 4.57. The molecule has 0 unspecified atom stereocenters. The third-order valence-electron chi connectivity index (χ3n) is 4.57. The number of hydrogen-bond donors (Lipinski definition) is 1. The third kappa shape index (κ3) is 2.65. The van der Waals surface area contributed by atoms with Gasteiger partial charge < -0.3 is 9.84 Å². The summed E-state index contributed by atoms with van der Waals surface area (Å²) in [5.41, 5.74) is 0.346. The average molecular weight is 300 g/mol. The molecule has 0 radical (unpaired) electrons. The van der Waals surface area contributed by atoms with Gasteiger partial charge in [-0.05, 0) is 25.7 Å². The Morgan fingerprint density at radius 2 is 2.05 bits per heavy atom. The van der Waals surface area contributed by atoms with E-state index in [1.807, 2.05) is 10.7 Å². The summed E-state index contributed by atoms with van der Waals surface area (Å²) in [5.74, 6) is 1.80. The molecular formula is C16H20N4O2. The Kier molecular flexibility index (Phi) is 3.44. The highest BCUT2D eigenvalue weighted by molar-refractivity contribution is 6.02. The number of carbonyl (C=O) groups excluding carboxylic acids is 1.